The van der Waals surface area contributed by atoms with E-state index in [9.17, 15) is 9.59 Å². The quantitative estimate of drug-likeness (QED) is 0.871. The number of hydrogen-bond donors (Lipinski definition) is 2. The van der Waals surface area contributed by atoms with Crippen LogP contribution in [0.25, 0.3) is 0 Å². The molecule has 2 aromatic rings. The van der Waals surface area contributed by atoms with Crippen molar-refractivity contribution in [2.75, 3.05) is 24.5 Å². The van der Waals surface area contributed by atoms with Crippen LogP contribution < -0.4 is 15.8 Å². The van der Waals surface area contributed by atoms with Gasteiger partial charge in [-0.1, -0.05) is 18.2 Å². The van der Waals surface area contributed by atoms with E-state index >= 15 is 0 Å². The number of furan rings is 1. The minimum absolute atomic E-state index is 0.0426. The number of benzene rings is 1. The molecule has 1 aromatic heterocycles. The van der Waals surface area contributed by atoms with E-state index in [4.69, 9.17) is 4.42 Å². The van der Waals surface area contributed by atoms with Crippen LogP contribution >= 0.6 is 0 Å². The number of rotatable bonds is 3. The van der Waals surface area contributed by atoms with E-state index in [1.807, 2.05) is 49.4 Å². The molecule has 0 saturated carbocycles. The van der Waals surface area contributed by atoms with Gasteiger partial charge in [-0.15, -0.1) is 0 Å². The largest absolute Gasteiger partial charge is 0.465 e. The number of aryl methyl sites for hydroxylation is 1. The average molecular weight is 354 g/mol. The number of hydrazine groups is 1. The Morgan fingerprint density at radius 2 is 1.92 bits per heavy atom. The highest BCUT2D eigenvalue weighted by Crippen LogP contribution is 2.25. The highest BCUT2D eigenvalue weighted by molar-refractivity contribution is 5.98. The molecule has 136 valence electrons. The Balaban J connectivity index is 1.37. The van der Waals surface area contributed by atoms with Crippen LogP contribution in [0.15, 0.2) is 46.9 Å². The van der Waals surface area contributed by atoms with Crippen LogP contribution in [0.2, 0.25) is 0 Å². The second-order valence-electron chi connectivity index (χ2n) is 6.72. The SMILES string of the molecule is Cc1ccc(C2CC(C(=O)N3CCN(c4ccccc4)C(=O)C3)NN2)o1. The van der Waals surface area contributed by atoms with Crippen molar-refractivity contribution in [1.82, 2.24) is 15.8 Å². The van der Waals surface area contributed by atoms with Crippen LogP contribution in [0.4, 0.5) is 5.69 Å². The lowest BCUT2D eigenvalue weighted by Gasteiger charge is -2.35. The van der Waals surface area contributed by atoms with Crippen molar-refractivity contribution in [1.29, 1.82) is 0 Å². The van der Waals surface area contributed by atoms with Gasteiger partial charge in [0, 0.05) is 18.8 Å². The van der Waals surface area contributed by atoms with Gasteiger partial charge in [0.2, 0.25) is 11.8 Å². The molecule has 4 rings (SSSR count). The van der Waals surface area contributed by atoms with Gasteiger partial charge in [0.15, 0.2) is 0 Å². The third kappa shape index (κ3) is 3.23. The molecule has 1 aromatic carbocycles. The summed E-state index contributed by atoms with van der Waals surface area (Å²) >= 11 is 0. The van der Waals surface area contributed by atoms with Crippen molar-refractivity contribution < 1.29 is 14.0 Å². The van der Waals surface area contributed by atoms with Gasteiger partial charge in [-0.25, -0.2) is 10.9 Å². The number of carbonyl (C=O) groups excluding carboxylic acids is 2. The topological polar surface area (TPSA) is 77.8 Å². The molecule has 0 spiro atoms. The normalized spacial score (nSPS) is 23.5. The first-order valence-corrected chi connectivity index (χ1v) is 8.83. The van der Waals surface area contributed by atoms with Gasteiger partial charge in [-0.2, -0.15) is 0 Å². The molecule has 2 atom stereocenters. The Kier molecular flexibility index (Phi) is 4.48. The summed E-state index contributed by atoms with van der Waals surface area (Å²) in [5, 5.41) is 0. The first-order chi connectivity index (χ1) is 12.6. The molecule has 2 amide bonds. The van der Waals surface area contributed by atoms with Crippen molar-refractivity contribution >= 4 is 17.5 Å². The van der Waals surface area contributed by atoms with Gasteiger partial charge in [0.25, 0.3) is 0 Å². The summed E-state index contributed by atoms with van der Waals surface area (Å²) in [6.45, 7) is 3.04. The Bertz CT molecular complexity index is 804. The maximum Gasteiger partial charge on any atom is 0.246 e. The molecule has 2 N–H and O–H groups in total. The molecule has 0 bridgehead atoms. The van der Waals surface area contributed by atoms with Crippen LogP contribution in [0.1, 0.15) is 24.0 Å². The monoisotopic (exact) mass is 354 g/mol. The van der Waals surface area contributed by atoms with Gasteiger partial charge in [0.1, 0.15) is 24.1 Å². The number of para-hydroxylation sites is 1. The van der Waals surface area contributed by atoms with Gasteiger partial charge >= 0.3 is 0 Å². The van der Waals surface area contributed by atoms with E-state index in [1.54, 1.807) is 9.80 Å². The second-order valence-corrected chi connectivity index (χ2v) is 6.72. The molecule has 0 aliphatic carbocycles. The number of piperazine rings is 1. The summed E-state index contributed by atoms with van der Waals surface area (Å²) in [6, 6.07) is 13.0. The molecule has 2 unspecified atom stereocenters. The molecule has 2 aliphatic rings. The van der Waals surface area contributed by atoms with E-state index in [-0.39, 0.29) is 30.4 Å². The third-order valence-corrected chi connectivity index (χ3v) is 4.91. The predicted molar refractivity (Wildman–Crippen MR) is 96.2 cm³/mol. The van der Waals surface area contributed by atoms with E-state index in [1.165, 1.54) is 0 Å². The van der Waals surface area contributed by atoms with Crippen LogP contribution in [0.3, 0.4) is 0 Å². The summed E-state index contributed by atoms with van der Waals surface area (Å²) in [6.07, 6.45) is 0.596. The highest BCUT2D eigenvalue weighted by Gasteiger charge is 2.37. The number of hydrogen-bond acceptors (Lipinski definition) is 5. The first kappa shape index (κ1) is 16.8. The third-order valence-electron chi connectivity index (χ3n) is 4.91. The molecule has 3 heterocycles. The predicted octanol–water partition coefficient (Wildman–Crippen LogP) is 1.37. The number of anilines is 1. The fraction of sp³-hybridized carbons (Fsp3) is 0.368. The van der Waals surface area contributed by atoms with E-state index in [2.05, 4.69) is 10.9 Å². The smallest absolute Gasteiger partial charge is 0.246 e. The van der Waals surface area contributed by atoms with Crippen LogP contribution in [0.5, 0.6) is 0 Å². The summed E-state index contributed by atoms with van der Waals surface area (Å²) in [7, 11) is 0. The van der Waals surface area contributed by atoms with Crippen molar-refractivity contribution in [2.45, 2.75) is 25.4 Å². The van der Waals surface area contributed by atoms with Crippen LogP contribution in [0, 0.1) is 6.92 Å². The molecule has 2 fully saturated rings. The minimum Gasteiger partial charge on any atom is -0.465 e. The van der Waals surface area contributed by atoms with Crippen LogP contribution in [-0.2, 0) is 9.59 Å². The fourth-order valence-electron chi connectivity index (χ4n) is 3.51. The number of nitrogens with zero attached hydrogens (tertiary/aromatic N) is 2. The van der Waals surface area contributed by atoms with Crippen molar-refractivity contribution in [3.63, 3.8) is 0 Å². The molecule has 2 saturated heterocycles. The van der Waals surface area contributed by atoms with Crippen molar-refractivity contribution in [3.05, 3.63) is 54.0 Å². The summed E-state index contributed by atoms with van der Waals surface area (Å²) in [5.74, 6) is 1.55. The summed E-state index contributed by atoms with van der Waals surface area (Å²) in [5.41, 5.74) is 7.03. The number of nitrogens with one attached hydrogen (secondary N) is 2. The Morgan fingerprint density at radius 3 is 2.62 bits per heavy atom. The molecule has 7 nitrogen and oxygen atoms in total. The molecule has 0 radical (unpaired) electrons. The van der Waals surface area contributed by atoms with Crippen LogP contribution in [-0.4, -0.2) is 42.4 Å². The highest BCUT2D eigenvalue weighted by atomic mass is 16.3. The zero-order chi connectivity index (χ0) is 18.1. The zero-order valence-corrected chi connectivity index (χ0v) is 14.6. The standard InChI is InChI=1S/C19H22N4O3/c1-13-7-8-17(26-13)15-11-16(21-20-15)19(25)22-9-10-23(18(24)12-22)14-5-3-2-4-6-14/h2-8,15-16,20-21H,9-12H2,1H3. The molecular formula is C19H22N4O3. The molecular weight excluding hydrogens is 332 g/mol. The lowest BCUT2D eigenvalue weighted by Crippen LogP contribution is -2.56. The fourth-order valence-corrected chi connectivity index (χ4v) is 3.51. The molecule has 26 heavy (non-hydrogen) atoms. The van der Waals surface area contributed by atoms with E-state index < -0.39 is 0 Å². The number of carbonyl (C=O) groups is 2. The average Bonchev–Trinajstić information content (AvgIpc) is 3.31. The number of amides is 2. The van der Waals surface area contributed by atoms with E-state index in [0.29, 0.717) is 19.5 Å². The lowest BCUT2D eigenvalue weighted by molar-refractivity contribution is -0.138. The van der Waals surface area contributed by atoms with Crippen molar-refractivity contribution in [3.8, 4) is 0 Å². The lowest BCUT2D eigenvalue weighted by atomic mass is 10.1. The minimum atomic E-state index is -0.360. The molecule has 2 aliphatic heterocycles. The maximum absolute atomic E-state index is 12.8. The van der Waals surface area contributed by atoms with Gasteiger partial charge in [-0.3, -0.25) is 9.59 Å². The van der Waals surface area contributed by atoms with Crippen molar-refractivity contribution in [2.24, 2.45) is 0 Å². The van der Waals surface area contributed by atoms with E-state index in [0.717, 1.165) is 17.2 Å². The summed E-state index contributed by atoms with van der Waals surface area (Å²) in [4.78, 5) is 28.7. The van der Waals surface area contributed by atoms with Gasteiger partial charge < -0.3 is 14.2 Å². The Labute approximate surface area is 151 Å². The Hall–Kier alpha value is -2.64. The summed E-state index contributed by atoms with van der Waals surface area (Å²) < 4.78 is 5.63. The first-order valence-electron chi connectivity index (χ1n) is 8.83. The second kappa shape index (κ2) is 6.93. The van der Waals surface area contributed by atoms with Gasteiger partial charge in [0.05, 0.1) is 6.04 Å². The Morgan fingerprint density at radius 1 is 1.12 bits per heavy atom. The van der Waals surface area contributed by atoms with Gasteiger partial charge in [-0.05, 0) is 37.6 Å². The molecule has 7 heteroatoms. The maximum atomic E-state index is 12.8. The zero-order valence-electron chi connectivity index (χ0n) is 14.6.